The van der Waals surface area contributed by atoms with Crippen LogP contribution >= 0.6 is 0 Å². The van der Waals surface area contributed by atoms with Gasteiger partial charge in [0, 0.05) is 19.6 Å². The minimum Gasteiger partial charge on any atom is -0.494 e. The molecule has 2 N–H and O–H groups in total. The lowest BCUT2D eigenvalue weighted by atomic mass is 9.99. The molecule has 1 heterocycles. The number of ether oxygens (including phenoxy) is 1. The second-order valence-corrected chi connectivity index (χ2v) is 6.48. The fourth-order valence-electron chi connectivity index (χ4n) is 2.97. The Bertz CT molecular complexity index is 576. The molecule has 1 aliphatic heterocycles. The Kier molecular flexibility index (Phi) is 6.61. The number of likely N-dealkylation sites (tertiary alicyclic amines) is 1. The molecule has 0 aliphatic carbocycles. The van der Waals surface area contributed by atoms with Gasteiger partial charge in [-0.25, -0.2) is 0 Å². The molecule has 1 aliphatic rings. The predicted octanol–water partition coefficient (Wildman–Crippen LogP) is 1.53. The van der Waals surface area contributed by atoms with Crippen molar-refractivity contribution in [3.05, 3.63) is 29.8 Å². The van der Waals surface area contributed by atoms with Crippen LogP contribution in [0.2, 0.25) is 0 Å². The SMILES string of the molecule is Cc1cccc(OCCCNC(=O)CN2C[C@@H](C)[C@H](C(=O)O)C2)c1. The Hall–Kier alpha value is -2.08. The molecule has 1 fully saturated rings. The van der Waals surface area contributed by atoms with Crippen LogP contribution in [0.15, 0.2) is 24.3 Å². The summed E-state index contributed by atoms with van der Waals surface area (Å²) < 4.78 is 5.63. The average Bonchev–Trinajstić information content (AvgIpc) is 2.87. The van der Waals surface area contributed by atoms with Crippen molar-refractivity contribution < 1.29 is 19.4 Å². The number of aryl methyl sites for hydroxylation is 1. The molecule has 6 heteroatoms. The van der Waals surface area contributed by atoms with E-state index in [1.807, 2.05) is 43.0 Å². The van der Waals surface area contributed by atoms with Crippen LogP contribution in [0.4, 0.5) is 0 Å². The van der Waals surface area contributed by atoms with Crippen molar-refractivity contribution in [2.45, 2.75) is 20.3 Å². The average molecular weight is 334 g/mol. The molecular weight excluding hydrogens is 308 g/mol. The molecule has 1 saturated heterocycles. The quantitative estimate of drug-likeness (QED) is 0.705. The van der Waals surface area contributed by atoms with E-state index in [1.54, 1.807) is 0 Å². The van der Waals surface area contributed by atoms with Gasteiger partial charge in [-0.1, -0.05) is 19.1 Å². The molecule has 0 aromatic heterocycles. The van der Waals surface area contributed by atoms with Gasteiger partial charge in [0.2, 0.25) is 5.91 Å². The van der Waals surface area contributed by atoms with Crippen LogP contribution in [0, 0.1) is 18.8 Å². The number of nitrogens with one attached hydrogen (secondary N) is 1. The van der Waals surface area contributed by atoms with Gasteiger partial charge >= 0.3 is 5.97 Å². The van der Waals surface area contributed by atoms with Crippen LogP contribution in [0.3, 0.4) is 0 Å². The number of nitrogens with zero attached hydrogens (tertiary/aromatic N) is 1. The number of benzene rings is 1. The topological polar surface area (TPSA) is 78.9 Å². The highest BCUT2D eigenvalue weighted by molar-refractivity contribution is 5.78. The van der Waals surface area contributed by atoms with Crippen molar-refractivity contribution in [3.8, 4) is 5.75 Å². The number of carboxylic acid groups (broad SMARTS) is 1. The summed E-state index contributed by atoms with van der Waals surface area (Å²) in [5, 5.41) is 12.0. The van der Waals surface area contributed by atoms with Crippen molar-refractivity contribution in [1.29, 1.82) is 0 Å². The van der Waals surface area contributed by atoms with E-state index in [0.29, 0.717) is 26.2 Å². The monoisotopic (exact) mass is 334 g/mol. The summed E-state index contributed by atoms with van der Waals surface area (Å²) in [6.07, 6.45) is 0.730. The lowest BCUT2D eigenvalue weighted by Gasteiger charge is -2.15. The first-order valence-electron chi connectivity index (χ1n) is 8.37. The van der Waals surface area contributed by atoms with Gasteiger partial charge in [0.1, 0.15) is 5.75 Å². The molecule has 2 rings (SSSR count). The largest absolute Gasteiger partial charge is 0.494 e. The third-order valence-electron chi connectivity index (χ3n) is 4.27. The van der Waals surface area contributed by atoms with Crippen LogP contribution in [0.25, 0.3) is 0 Å². The maximum Gasteiger partial charge on any atom is 0.308 e. The summed E-state index contributed by atoms with van der Waals surface area (Å²) in [7, 11) is 0. The van der Waals surface area contributed by atoms with Crippen molar-refractivity contribution in [1.82, 2.24) is 10.2 Å². The lowest BCUT2D eigenvalue weighted by molar-refractivity contribution is -0.142. The van der Waals surface area contributed by atoms with Crippen molar-refractivity contribution in [2.75, 3.05) is 32.8 Å². The standard InChI is InChI=1S/C18H26N2O4/c1-13-5-3-6-15(9-13)24-8-4-7-19-17(21)12-20-10-14(2)16(11-20)18(22)23/h3,5-6,9,14,16H,4,7-8,10-12H2,1-2H3,(H,19,21)(H,22,23)/t14-,16-/m1/s1. The fraction of sp³-hybridized carbons (Fsp3) is 0.556. The zero-order valence-corrected chi connectivity index (χ0v) is 14.3. The number of rotatable bonds is 8. The minimum absolute atomic E-state index is 0.0659. The summed E-state index contributed by atoms with van der Waals surface area (Å²) in [5.74, 6) is -0.298. The van der Waals surface area contributed by atoms with E-state index >= 15 is 0 Å². The Morgan fingerprint density at radius 2 is 2.17 bits per heavy atom. The zero-order chi connectivity index (χ0) is 17.5. The van der Waals surface area contributed by atoms with Crippen LogP contribution in [-0.2, 0) is 9.59 Å². The van der Waals surface area contributed by atoms with Gasteiger partial charge in [-0.2, -0.15) is 0 Å². The Morgan fingerprint density at radius 1 is 1.38 bits per heavy atom. The summed E-state index contributed by atoms with van der Waals surface area (Å²) in [4.78, 5) is 24.9. The van der Waals surface area contributed by atoms with Crippen molar-refractivity contribution in [2.24, 2.45) is 11.8 Å². The molecule has 1 aromatic carbocycles. The molecule has 0 spiro atoms. The van der Waals surface area contributed by atoms with E-state index in [-0.39, 0.29) is 24.3 Å². The van der Waals surface area contributed by atoms with E-state index in [2.05, 4.69) is 5.32 Å². The maximum absolute atomic E-state index is 11.9. The second-order valence-electron chi connectivity index (χ2n) is 6.48. The van der Waals surface area contributed by atoms with Gasteiger partial charge in [0.25, 0.3) is 0 Å². The third kappa shape index (κ3) is 5.53. The Balaban J connectivity index is 1.59. The molecule has 1 amide bonds. The molecule has 1 aromatic rings. The number of aliphatic carboxylic acids is 1. The molecule has 0 radical (unpaired) electrons. The second kappa shape index (κ2) is 8.68. The minimum atomic E-state index is -0.779. The first kappa shape index (κ1) is 18.3. The third-order valence-corrected chi connectivity index (χ3v) is 4.27. The van der Waals surface area contributed by atoms with Gasteiger partial charge in [-0.15, -0.1) is 0 Å². The Morgan fingerprint density at radius 3 is 2.83 bits per heavy atom. The van der Waals surface area contributed by atoms with Gasteiger partial charge in [0.15, 0.2) is 0 Å². The number of amides is 1. The van der Waals surface area contributed by atoms with Gasteiger partial charge in [-0.3, -0.25) is 14.5 Å². The van der Waals surface area contributed by atoms with E-state index in [4.69, 9.17) is 9.84 Å². The normalized spacial score (nSPS) is 20.8. The zero-order valence-electron chi connectivity index (χ0n) is 14.3. The van der Waals surface area contributed by atoms with E-state index < -0.39 is 5.97 Å². The summed E-state index contributed by atoms with van der Waals surface area (Å²) in [6.45, 7) is 6.39. The van der Waals surface area contributed by atoms with Gasteiger partial charge < -0.3 is 15.2 Å². The van der Waals surface area contributed by atoms with Crippen molar-refractivity contribution in [3.63, 3.8) is 0 Å². The summed E-state index contributed by atoms with van der Waals surface area (Å²) in [5.41, 5.74) is 1.15. The van der Waals surface area contributed by atoms with Crippen LogP contribution in [-0.4, -0.2) is 54.7 Å². The lowest BCUT2D eigenvalue weighted by Crippen LogP contribution is -2.37. The molecule has 0 unspecified atom stereocenters. The van der Waals surface area contributed by atoms with Crippen LogP contribution < -0.4 is 10.1 Å². The number of carbonyl (C=O) groups excluding carboxylic acids is 1. The summed E-state index contributed by atoms with van der Waals surface area (Å²) in [6, 6.07) is 7.86. The molecule has 2 atom stereocenters. The number of hydrogen-bond donors (Lipinski definition) is 2. The maximum atomic E-state index is 11.9. The number of carboxylic acids is 1. The fourth-order valence-corrected chi connectivity index (χ4v) is 2.97. The molecule has 0 bridgehead atoms. The molecule has 132 valence electrons. The Labute approximate surface area is 142 Å². The molecule has 0 saturated carbocycles. The summed E-state index contributed by atoms with van der Waals surface area (Å²) >= 11 is 0. The highest BCUT2D eigenvalue weighted by Crippen LogP contribution is 2.22. The van der Waals surface area contributed by atoms with E-state index in [9.17, 15) is 9.59 Å². The van der Waals surface area contributed by atoms with E-state index in [0.717, 1.165) is 17.7 Å². The number of hydrogen-bond acceptors (Lipinski definition) is 4. The van der Waals surface area contributed by atoms with Gasteiger partial charge in [-0.05, 0) is 37.0 Å². The van der Waals surface area contributed by atoms with Gasteiger partial charge in [0.05, 0.1) is 19.1 Å². The molecule has 24 heavy (non-hydrogen) atoms. The van der Waals surface area contributed by atoms with Crippen LogP contribution in [0.5, 0.6) is 5.75 Å². The smallest absolute Gasteiger partial charge is 0.308 e. The first-order valence-corrected chi connectivity index (χ1v) is 8.37. The highest BCUT2D eigenvalue weighted by atomic mass is 16.5. The van der Waals surface area contributed by atoms with Crippen molar-refractivity contribution >= 4 is 11.9 Å². The molecule has 6 nitrogen and oxygen atoms in total. The molecular formula is C18H26N2O4. The van der Waals surface area contributed by atoms with Crippen LogP contribution in [0.1, 0.15) is 18.9 Å². The highest BCUT2D eigenvalue weighted by Gasteiger charge is 2.35. The first-order chi connectivity index (χ1) is 11.5. The predicted molar refractivity (Wildman–Crippen MR) is 91.0 cm³/mol. The van der Waals surface area contributed by atoms with E-state index in [1.165, 1.54) is 0 Å². The number of carbonyl (C=O) groups is 2.